The van der Waals surface area contributed by atoms with Gasteiger partial charge in [0, 0.05) is 0 Å². The maximum Gasteiger partial charge on any atom is 0.264 e. The number of fused-ring (bicyclic) bond motifs is 1. The number of para-hydroxylation sites is 1. The molecule has 2 aliphatic heterocycles. The van der Waals surface area contributed by atoms with Crippen molar-refractivity contribution in [3.63, 3.8) is 0 Å². The van der Waals surface area contributed by atoms with E-state index in [1.54, 1.807) is 0 Å². The van der Waals surface area contributed by atoms with Gasteiger partial charge in [0.2, 0.25) is 6.79 Å². The minimum absolute atomic E-state index is 0.143. The molecular formula is C19H16N2O3S. The van der Waals surface area contributed by atoms with E-state index in [2.05, 4.69) is 17.2 Å². The highest BCUT2D eigenvalue weighted by molar-refractivity contribution is 8.18. The standard InChI is InChI=1S/C19H16N2O3S/c1-2-13-5-3-4-6-14(13)20-19-21-18(22)17(25-19)10-12-7-8-15-16(9-12)24-11-23-15/h3-10H,2,11H2,1H3,(H,20,21,22)/b17-10-. The van der Waals surface area contributed by atoms with Gasteiger partial charge in [0.05, 0.1) is 10.6 Å². The van der Waals surface area contributed by atoms with Gasteiger partial charge in [0.25, 0.3) is 5.91 Å². The lowest BCUT2D eigenvalue weighted by molar-refractivity contribution is -0.115. The van der Waals surface area contributed by atoms with E-state index in [1.165, 1.54) is 11.8 Å². The molecule has 2 aromatic rings. The second-order valence-electron chi connectivity index (χ2n) is 5.58. The number of carbonyl (C=O) groups is 1. The number of carbonyl (C=O) groups excluding carboxylic acids is 1. The number of nitrogens with zero attached hydrogens (tertiary/aromatic N) is 1. The fourth-order valence-corrected chi connectivity index (χ4v) is 3.50. The summed E-state index contributed by atoms with van der Waals surface area (Å²) in [4.78, 5) is 17.4. The van der Waals surface area contributed by atoms with Gasteiger partial charge in [-0.2, -0.15) is 0 Å². The van der Waals surface area contributed by atoms with Crippen LogP contribution in [0.15, 0.2) is 52.4 Å². The second kappa shape index (κ2) is 6.64. The lowest BCUT2D eigenvalue weighted by atomic mass is 10.1. The topological polar surface area (TPSA) is 59.9 Å². The molecule has 6 heteroatoms. The lowest BCUT2D eigenvalue weighted by Crippen LogP contribution is -2.19. The molecular weight excluding hydrogens is 336 g/mol. The van der Waals surface area contributed by atoms with E-state index in [0.29, 0.717) is 15.8 Å². The molecule has 0 unspecified atom stereocenters. The summed E-state index contributed by atoms with van der Waals surface area (Å²) < 4.78 is 10.7. The Hall–Kier alpha value is -2.73. The van der Waals surface area contributed by atoms with Crippen molar-refractivity contribution in [1.29, 1.82) is 0 Å². The molecule has 1 saturated heterocycles. The number of ether oxygens (including phenoxy) is 2. The first-order valence-electron chi connectivity index (χ1n) is 8.00. The molecule has 0 aromatic heterocycles. The van der Waals surface area contributed by atoms with Crippen LogP contribution in [-0.4, -0.2) is 17.9 Å². The summed E-state index contributed by atoms with van der Waals surface area (Å²) in [6.07, 6.45) is 2.72. The molecule has 0 saturated carbocycles. The molecule has 0 radical (unpaired) electrons. The predicted molar refractivity (Wildman–Crippen MR) is 99.2 cm³/mol. The van der Waals surface area contributed by atoms with Crippen molar-refractivity contribution < 1.29 is 14.3 Å². The van der Waals surface area contributed by atoms with Crippen LogP contribution in [0, 0.1) is 0 Å². The predicted octanol–water partition coefficient (Wildman–Crippen LogP) is 3.87. The van der Waals surface area contributed by atoms with Gasteiger partial charge in [-0.05, 0) is 53.6 Å². The van der Waals surface area contributed by atoms with E-state index in [9.17, 15) is 4.79 Å². The second-order valence-corrected chi connectivity index (χ2v) is 6.61. The van der Waals surface area contributed by atoms with Crippen LogP contribution in [0.5, 0.6) is 11.5 Å². The molecule has 4 rings (SSSR count). The number of aryl methyl sites for hydroxylation is 1. The lowest BCUT2D eigenvalue weighted by Gasteiger charge is -2.02. The fraction of sp³-hybridized carbons (Fsp3) is 0.158. The minimum Gasteiger partial charge on any atom is -0.454 e. The average Bonchev–Trinajstić information content (AvgIpc) is 3.22. The van der Waals surface area contributed by atoms with E-state index in [-0.39, 0.29) is 12.7 Å². The maximum absolute atomic E-state index is 12.2. The molecule has 0 bridgehead atoms. The van der Waals surface area contributed by atoms with Crippen molar-refractivity contribution in [2.24, 2.45) is 4.99 Å². The van der Waals surface area contributed by atoms with Gasteiger partial charge in [0.15, 0.2) is 16.7 Å². The average molecular weight is 352 g/mol. The van der Waals surface area contributed by atoms with Crippen LogP contribution < -0.4 is 14.8 Å². The van der Waals surface area contributed by atoms with Crippen molar-refractivity contribution in [3.8, 4) is 11.5 Å². The highest BCUT2D eigenvalue weighted by Gasteiger charge is 2.24. The highest BCUT2D eigenvalue weighted by atomic mass is 32.2. The summed E-state index contributed by atoms with van der Waals surface area (Å²) in [5.74, 6) is 1.28. The molecule has 2 aliphatic rings. The number of nitrogens with one attached hydrogen (secondary N) is 1. The molecule has 1 N–H and O–H groups in total. The summed E-state index contributed by atoms with van der Waals surface area (Å²) >= 11 is 1.34. The normalized spacial score (nSPS) is 18.8. The van der Waals surface area contributed by atoms with Gasteiger partial charge in [0.1, 0.15) is 0 Å². The Kier molecular flexibility index (Phi) is 4.19. The Morgan fingerprint density at radius 3 is 2.92 bits per heavy atom. The van der Waals surface area contributed by atoms with Crippen LogP contribution in [0.4, 0.5) is 5.69 Å². The van der Waals surface area contributed by atoms with Crippen molar-refractivity contribution in [3.05, 3.63) is 58.5 Å². The summed E-state index contributed by atoms with van der Waals surface area (Å²) in [6, 6.07) is 13.6. The number of benzene rings is 2. The SMILES string of the molecule is CCc1ccccc1N=C1NC(=O)/C(=C/c2ccc3c(c2)OCO3)S1. The van der Waals surface area contributed by atoms with Gasteiger partial charge in [-0.3, -0.25) is 4.79 Å². The molecule has 1 fully saturated rings. The highest BCUT2D eigenvalue weighted by Crippen LogP contribution is 2.35. The van der Waals surface area contributed by atoms with E-state index >= 15 is 0 Å². The Morgan fingerprint density at radius 2 is 2.04 bits per heavy atom. The first-order valence-corrected chi connectivity index (χ1v) is 8.82. The number of amides is 1. The Bertz CT molecular complexity index is 905. The number of hydrogen-bond donors (Lipinski definition) is 1. The third-order valence-electron chi connectivity index (χ3n) is 3.94. The summed E-state index contributed by atoms with van der Waals surface area (Å²) in [6.45, 7) is 2.32. The molecule has 0 spiro atoms. The first-order chi connectivity index (χ1) is 12.2. The van der Waals surface area contributed by atoms with Crippen LogP contribution in [0.25, 0.3) is 6.08 Å². The molecule has 0 aliphatic carbocycles. The summed E-state index contributed by atoms with van der Waals surface area (Å²) in [5.41, 5.74) is 2.92. The minimum atomic E-state index is -0.143. The molecule has 1 amide bonds. The number of amidine groups is 1. The molecule has 5 nitrogen and oxygen atoms in total. The van der Waals surface area contributed by atoms with Crippen LogP contribution in [0.3, 0.4) is 0 Å². The molecule has 126 valence electrons. The molecule has 25 heavy (non-hydrogen) atoms. The Labute approximate surface area is 149 Å². The van der Waals surface area contributed by atoms with Crippen LogP contribution in [-0.2, 0) is 11.2 Å². The zero-order valence-electron chi connectivity index (χ0n) is 13.6. The number of aliphatic imine (C=N–C) groups is 1. The van der Waals surface area contributed by atoms with Gasteiger partial charge in [-0.25, -0.2) is 4.99 Å². The van der Waals surface area contributed by atoms with Gasteiger partial charge >= 0.3 is 0 Å². The molecule has 2 aromatic carbocycles. The Balaban J connectivity index is 1.59. The van der Waals surface area contributed by atoms with Crippen LogP contribution in [0.2, 0.25) is 0 Å². The fourth-order valence-electron chi connectivity index (χ4n) is 2.66. The maximum atomic E-state index is 12.2. The quantitative estimate of drug-likeness (QED) is 0.852. The first kappa shape index (κ1) is 15.8. The smallest absolute Gasteiger partial charge is 0.264 e. The molecule has 0 atom stereocenters. The van der Waals surface area contributed by atoms with Gasteiger partial charge in [-0.15, -0.1) is 0 Å². The van der Waals surface area contributed by atoms with Crippen molar-refractivity contribution in [2.45, 2.75) is 13.3 Å². The van der Waals surface area contributed by atoms with Crippen molar-refractivity contribution >= 4 is 34.6 Å². The van der Waals surface area contributed by atoms with Crippen molar-refractivity contribution in [1.82, 2.24) is 5.32 Å². The zero-order valence-corrected chi connectivity index (χ0v) is 14.4. The third-order valence-corrected chi connectivity index (χ3v) is 4.85. The third kappa shape index (κ3) is 3.25. The van der Waals surface area contributed by atoms with E-state index in [0.717, 1.165) is 29.0 Å². The summed E-state index contributed by atoms with van der Waals surface area (Å²) in [7, 11) is 0. The number of thioether (sulfide) groups is 1. The van der Waals surface area contributed by atoms with E-state index in [1.807, 2.05) is 48.5 Å². The number of rotatable bonds is 3. The van der Waals surface area contributed by atoms with Crippen molar-refractivity contribution in [2.75, 3.05) is 6.79 Å². The van der Waals surface area contributed by atoms with E-state index in [4.69, 9.17) is 9.47 Å². The monoisotopic (exact) mass is 352 g/mol. The van der Waals surface area contributed by atoms with Gasteiger partial charge < -0.3 is 14.8 Å². The summed E-state index contributed by atoms with van der Waals surface area (Å²) in [5, 5.41) is 3.42. The van der Waals surface area contributed by atoms with Crippen LogP contribution in [0.1, 0.15) is 18.1 Å². The Morgan fingerprint density at radius 1 is 1.20 bits per heavy atom. The van der Waals surface area contributed by atoms with Gasteiger partial charge in [-0.1, -0.05) is 31.2 Å². The largest absolute Gasteiger partial charge is 0.454 e. The molecule has 2 heterocycles. The van der Waals surface area contributed by atoms with Crippen LogP contribution >= 0.6 is 11.8 Å². The van der Waals surface area contributed by atoms with E-state index < -0.39 is 0 Å². The zero-order chi connectivity index (χ0) is 17.2. The number of hydrogen-bond acceptors (Lipinski definition) is 5.